The van der Waals surface area contributed by atoms with E-state index in [1.165, 1.54) is 5.56 Å². The number of carboxylic acid groups (broad SMARTS) is 1. The second-order valence-electron chi connectivity index (χ2n) is 7.52. The zero-order valence-electron chi connectivity index (χ0n) is 16.3. The summed E-state index contributed by atoms with van der Waals surface area (Å²) in [5, 5.41) is 16.6. The lowest BCUT2D eigenvalue weighted by atomic mass is 9.87. The van der Waals surface area contributed by atoms with Crippen LogP contribution in [-0.4, -0.2) is 26.8 Å². The molecule has 0 fully saturated rings. The first-order valence-corrected chi connectivity index (χ1v) is 9.71. The quantitative estimate of drug-likeness (QED) is 0.702. The molecule has 0 bridgehead atoms. The smallest absolute Gasteiger partial charge is 0.335 e. The van der Waals surface area contributed by atoms with Gasteiger partial charge in [0.05, 0.1) is 11.3 Å². The molecule has 1 aliphatic rings. The van der Waals surface area contributed by atoms with Crippen molar-refractivity contribution >= 4 is 11.9 Å². The van der Waals surface area contributed by atoms with Crippen molar-refractivity contribution in [1.82, 2.24) is 15.1 Å². The van der Waals surface area contributed by atoms with Crippen LogP contribution in [0.3, 0.4) is 0 Å². The molecule has 1 aromatic heterocycles. The van der Waals surface area contributed by atoms with Crippen LogP contribution in [0.1, 0.15) is 33.6 Å². The molecule has 0 radical (unpaired) electrons. The van der Waals surface area contributed by atoms with Gasteiger partial charge in [-0.1, -0.05) is 30.3 Å². The number of aromatic carboxylic acids is 1. The van der Waals surface area contributed by atoms with Crippen molar-refractivity contribution in [3.05, 3.63) is 77.1 Å². The summed E-state index contributed by atoms with van der Waals surface area (Å²) < 4.78 is 1.82. The lowest BCUT2D eigenvalue weighted by Gasteiger charge is -2.20. The number of aromatic nitrogens is 2. The van der Waals surface area contributed by atoms with E-state index in [9.17, 15) is 9.59 Å². The Labute approximate surface area is 169 Å². The summed E-state index contributed by atoms with van der Waals surface area (Å²) in [5.41, 5.74) is 5.49. The molecular formula is C23H23N3O3. The number of amides is 1. The number of nitrogens with one attached hydrogen (secondary N) is 1. The minimum atomic E-state index is -0.937. The predicted molar refractivity (Wildman–Crippen MR) is 109 cm³/mol. The first kappa shape index (κ1) is 18.9. The molecule has 6 heteroatoms. The first-order chi connectivity index (χ1) is 14.0. The number of nitrogens with zero attached hydrogens (tertiary/aromatic N) is 2. The fourth-order valence-corrected chi connectivity index (χ4v) is 3.85. The van der Waals surface area contributed by atoms with E-state index in [1.807, 2.05) is 42.2 Å². The van der Waals surface area contributed by atoms with E-state index < -0.39 is 5.97 Å². The Hall–Kier alpha value is -3.41. The number of hydrogen-bond donors (Lipinski definition) is 2. The van der Waals surface area contributed by atoms with Gasteiger partial charge in [-0.2, -0.15) is 5.10 Å². The highest BCUT2D eigenvalue weighted by atomic mass is 16.4. The third kappa shape index (κ3) is 4.21. The summed E-state index contributed by atoms with van der Waals surface area (Å²) in [5.74, 6) is -0.907. The highest BCUT2D eigenvalue weighted by Crippen LogP contribution is 2.25. The number of carboxylic acids is 1. The minimum Gasteiger partial charge on any atom is -0.478 e. The molecule has 0 saturated carbocycles. The van der Waals surface area contributed by atoms with Crippen LogP contribution in [0.2, 0.25) is 0 Å². The number of benzene rings is 2. The highest BCUT2D eigenvalue weighted by Gasteiger charge is 2.26. The SMILES string of the molecule is Cn1cc2c(n1)CC(C(=O)NCc1cccc(-c3ccc(C(=O)O)cc3)c1)CC2. The van der Waals surface area contributed by atoms with Crippen LogP contribution in [0.4, 0.5) is 0 Å². The number of rotatable bonds is 5. The largest absolute Gasteiger partial charge is 0.478 e. The average Bonchev–Trinajstić information content (AvgIpc) is 3.11. The topological polar surface area (TPSA) is 84.2 Å². The van der Waals surface area contributed by atoms with Crippen LogP contribution in [0.25, 0.3) is 11.1 Å². The fraction of sp³-hybridized carbons (Fsp3) is 0.261. The lowest BCUT2D eigenvalue weighted by Crippen LogP contribution is -2.33. The molecule has 29 heavy (non-hydrogen) atoms. The van der Waals surface area contributed by atoms with E-state index in [4.69, 9.17) is 5.11 Å². The number of fused-ring (bicyclic) bond motifs is 1. The average molecular weight is 389 g/mol. The molecule has 2 aromatic carbocycles. The first-order valence-electron chi connectivity index (χ1n) is 9.71. The van der Waals surface area contributed by atoms with E-state index in [2.05, 4.69) is 10.4 Å². The van der Waals surface area contributed by atoms with Crippen molar-refractivity contribution in [1.29, 1.82) is 0 Å². The standard InChI is InChI=1S/C23H23N3O3/c1-26-14-20-10-9-19(12-21(20)25-26)22(27)24-13-15-3-2-4-18(11-15)16-5-7-17(8-6-16)23(28)29/h2-8,11,14,19H,9-10,12-13H2,1H3,(H,24,27)(H,28,29). The Balaban J connectivity index is 1.39. The van der Waals surface area contributed by atoms with Gasteiger partial charge in [0.25, 0.3) is 0 Å². The predicted octanol–water partition coefficient (Wildman–Crippen LogP) is 3.21. The van der Waals surface area contributed by atoms with E-state index in [-0.39, 0.29) is 17.4 Å². The molecule has 1 unspecified atom stereocenters. The van der Waals surface area contributed by atoms with Gasteiger partial charge in [-0.25, -0.2) is 4.79 Å². The summed E-state index contributed by atoms with van der Waals surface area (Å²) in [4.78, 5) is 23.6. The molecule has 1 amide bonds. The normalized spacial score (nSPS) is 15.6. The van der Waals surface area contributed by atoms with Gasteiger partial charge in [0, 0.05) is 32.1 Å². The maximum absolute atomic E-state index is 12.6. The number of carbonyl (C=O) groups excluding carboxylic acids is 1. The zero-order chi connectivity index (χ0) is 20.4. The maximum atomic E-state index is 12.6. The molecule has 148 valence electrons. The van der Waals surface area contributed by atoms with Crippen LogP contribution in [0.5, 0.6) is 0 Å². The van der Waals surface area contributed by atoms with Crippen molar-refractivity contribution in [3.8, 4) is 11.1 Å². The summed E-state index contributed by atoms with van der Waals surface area (Å²) in [6.45, 7) is 0.464. The molecular weight excluding hydrogens is 366 g/mol. The highest BCUT2D eigenvalue weighted by molar-refractivity contribution is 5.88. The van der Waals surface area contributed by atoms with Crippen molar-refractivity contribution < 1.29 is 14.7 Å². The Morgan fingerprint density at radius 1 is 1.17 bits per heavy atom. The van der Waals surface area contributed by atoms with Gasteiger partial charge in [-0.05, 0) is 53.3 Å². The second kappa shape index (κ2) is 7.91. The van der Waals surface area contributed by atoms with Crippen molar-refractivity contribution in [3.63, 3.8) is 0 Å². The second-order valence-corrected chi connectivity index (χ2v) is 7.52. The molecule has 2 N–H and O–H groups in total. The Bertz CT molecular complexity index is 1050. The fourth-order valence-electron chi connectivity index (χ4n) is 3.85. The van der Waals surface area contributed by atoms with Crippen molar-refractivity contribution in [2.45, 2.75) is 25.8 Å². The van der Waals surface area contributed by atoms with Gasteiger partial charge < -0.3 is 10.4 Å². The van der Waals surface area contributed by atoms with Crippen LogP contribution >= 0.6 is 0 Å². The molecule has 0 saturated heterocycles. The molecule has 0 aliphatic heterocycles. The van der Waals surface area contributed by atoms with Gasteiger partial charge in [-0.3, -0.25) is 9.48 Å². The van der Waals surface area contributed by atoms with Gasteiger partial charge in [-0.15, -0.1) is 0 Å². The monoisotopic (exact) mass is 389 g/mol. The van der Waals surface area contributed by atoms with Gasteiger partial charge in [0.1, 0.15) is 0 Å². The minimum absolute atomic E-state index is 0.0378. The number of aryl methyl sites for hydroxylation is 2. The van der Waals surface area contributed by atoms with Gasteiger partial charge in [0.2, 0.25) is 5.91 Å². The van der Waals surface area contributed by atoms with Gasteiger partial charge >= 0.3 is 5.97 Å². The summed E-state index contributed by atoms with van der Waals surface area (Å²) >= 11 is 0. The lowest BCUT2D eigenvalue weighted by molar-refractivity contribution is -0.125. The van der Waals surface area contributed by atoms with E-state index >= 15 is 0 Å². The van der Waals surface area contributed by atoms with Crippen LogP contribution in [-0.2, 0) is 31.2 Å². The molecule has 1 heterocycles. The third-order valence-corrected chi connectivity index (χ3v) is 5.42. The zero-order valence-corrected chi connectivity index (χ0v) is 16.3. The molecule has 1 aliphatic carbocycles. The molecule has 3 aromatic rings. The summed E-state index contributed by atoms with van der Waals surface area (Å²) in [6.07, 6.45) is 4.47. The molecule has 4 rings (SSSR count). The Morgan fingerprint density at radius 3 is 2.72 bits per heavy atom. The maximum Gasteiger partial charge on any atom is 0.335 e. The van der Waals surface area contributed by atoms with Crippen LogP contribution in [0.15, 0.2) is 54.7 Å². The third-order valence-electron chi connectivity index (χ3n) is 5.42. The number of carbonyl (C=O) groups is 2. The van der Waals surface area contributed by atoms with E-state index in [0.29, 0.717) is 13.0 Å². The Kier molecular flexibility index (Phi) is 5.16. The molecule has 6 nitrogen and oxygen atoms in total. The van der Waals surface area contributed by atoms with Crippen molar-refractivity contribution in [2.24, 2.45) is 13.0 Å². The Morgan fingerprint density at radius 2 is 1.97 bits per heavy atom. The summed E-state index contributed by atoms with van der Waals surface area (Å²) in [7, 11) is 1.91. The van der Waals surface area contributed by atoms with E-state index in [1.54, 1.807) is 24.3 Å². The van der Waals surface area contributed by atoms with Crippen LogP contribution < -0.4 is 5.32 Å². The number of hydrogen-bond acceptors (Lipinski definition) is 3. The summed E-state index contributed by atoms with van der Waals surface area (Å²) in [6, 6.07) is 14.7. The van der Waals surface area contributed by atoms with E-state index in [0.717, 1.165) is 35.2 Å². The van der Waals surface area contributed by atoms with Crippen LogP contribution in [0, 0.1) is 5.92 Å². The molecule has 1 atom stereocenters. The van der Waals surface area contributed by atoms with Crippen molar-refractivity contribution in [2.75, 3.05) is 0 Å². The molecule has 0 spiro atoms. The van der Waals surface area contributed by atoms with Gasteiger partial charge in [0.15, 0.2) is 0 Å².